The Bertz CT molecular complexity index is 934. The highest BCUT2D eigenvalue weighted by molar-refractivity contribution is 5.94. The molecule has 0 atom stereocenters. The number of carbonyl (C=O) groups is 2. The topological polar surface area (TPSA) is 43.9 Å². The van der Waals surface area contributed by atoms with Crippen LogP contribution in [0, 0.1) is 0 Å². The van der Waals surface area contributed by atoms with Crippen LogP contribution in [-0.2, 0) is 4.79 Å². The summed E-state index contributed by atoms with van der Waals surface area (Å²) in [6.45, 7) is 6.85. The van der Waals surface area contributed by atoms with E-state index in [0.717, 1.165) is 43.0 Å². The molecule has 5 nitrogen and oxygen atoms in total. The van der Waals surface area contributed by atoms with Crippen LogP contribution < -0.4 is 9.80 Å². The molecule has 2 saturated heterocycles. The van der Waals surface area contributed by atoms with Crippen molar-refractivity contribution in [1.29, 1.82) is 0 Å². The molecule has 2 aromatic rings. The highest BCUT2D eigenvalue weighted by Gasteiger charge is 2.20. The number of anilines is 2. The fourth-order valence-electron chi connectivity index (χ4n) is 4.49. The number of piperazine rings is 1. The van der Waals surface area contributed by atoms with Crippen molar-refractivity contribution in [2.24, 2.45) is 0 Å². The minimum Gasteiger partial charge on any atom is -0.372 e. The molecule has 2 aromatic carbocycles. The van der Waals surface area contributed by atoms with Crippen LogP contribution in [-0.4, -0.2) is 55.9 Å². The van der Waals surface area contributed by atoms with Gasteiger partial charge in [0.15, 0.2) is 5.78 Å². The zero-order valence-corrected chi connectivity index (χ0v) is 19.0. The average molecular weight is 432 g/mol. The van der Waals surface area contributed by atoms with E-state index in [1.54, 1.807) is 13.0 Å². The SMILES string of the molecule is CC(=O)c1ccc(N2CCN(C(=O)/C=C/c3ccc(N4CCCCCC4)cc3)CC2)cc1. The minimum atomic E-state index is 0.0631. The maximum Gasteiger partial charge on any atom is 0.246 e. The number of Topliss-reactive ketones (excluding diaryl/α,β-unsaturated/α-hetero) is 1. The summed E-state index contributed by atoms with van der Waals surface area (Å²) in [6, 6.07) is 16.3. The second-order valence-electron chi connectivity index (χ2n) is 8.74. The maximum atomic E-state index is 12.7. The molecular weight excluding hydrogens is 398 g/mol. The van der Waals surface area contributed by atoms with Crippen molar-refractivity contribution in [3.05, 3.63) is 65.7 Å². The molecule has 0 aromatic heterocycles. The second-order valence-corrected chi connectivity index (χ2v) is 8.74. The molecule has 0 radical (unpaired) electrons. The van der Waals surface area contributed by atoms with Crippen LogP contribution in [0.1, 0.15) is 48.5 Å². The van der Waals surface area contributed by atoms with Crippen molar-refractivity contribution in [3.63, 3.8) is 0 Å². The van der Waals surface area contributed by atoms with Gasteiger partial charge in [0.05, 0.1) is 0 Å². The Balaban J connectivity index is 1.28. The Morgan fingerprint density at radius 1 is 0.688 bits per heavy atom. The van der Waals surface area contributed by atoms with Gasteiger partial charge in [-0.25, -0.2) is 0 Å². The van der Waals surface area contributed by atoms with Gasteiger partial charge in [-0.1, -0.05) is 25.0 Å². The minimum absolute atomic E-state index is 0.0631. The first-order chi connectivity index (χ1) is 15.6. The molecule has 32 heavy (non-hydrogen) atoms. The number of hydrogen-bond acceptors (Lipinski definition) is 4. The van der Waals surface area contributed by atoms with E-state index in [9.17, 15) is 9.59 Å². The van der Waals surface area contributed by atoms with Crippen molar-refractivity contribution >= 4 is 29.1 Å². The largest absolute Gasteiger partial charge is 0.372 e. The summed E-state index contributed by atoms with van der Waals surface area (Å²) in [5, 5.41) is 0. The predicted octanol–water partition coefficient (Wildman–Crippen LogP) is 4.63. The summed E-state index contributed by atoms with van der Waals surface area (Å²) >= 11 is 0. The molecule has 0 spiro atoms. The van der Waals surface area contributed by atoms with E-state index in [1.807, 2.05) is 35.2 Å². The zero-order chi connectivity index (χ0) is 22.3. The lowest BCUT2D eigenvalue weighted by Gasteiger charge is -2.35. The third-order valence-electron chi connectivity index (χ3n) is 6.51. The van der Waals surface area contributed by atoms with E-state index in [-0.39, 0.29) is 11.7 Å². The zero-order valence-electron chi connectivity index (χ0n) is 19.0. The van der Waals surface area contributed by atoms with Gasteiger partial charge >= 0.3 is 0 Å². The van der Waals surface area contributed by atoms with Crippen LogP contribution in [0.15, 0.2) is 54.6 Å². The molecule has 1 amide bonds. The fraction of sp³-hybridized carbons (Fsp3) is 0.407. The monoisotopic (exact) mass is 431 g/mol. The Morgan fingerprint density at radius 3 is 1.78 bits per heavy atom. The van der Waals surface area contributed by atoms with Crippen LogP contribution >= 0.6 is 0 Å². The summed E-state index contributed by atoms with van der Waals surface area (Å²) in [5.74, 6) is 0.142. The smallest absolute Gasteiger partial charge is 0.246 e. The van der Waals surface area contributed by atoms with E-state index < -0.39 is 0 Å². The van der Waals surface area contributed by atoms with E-state index in [2.05, 4.69) is 34.1 Å². The lowest BCUT2D eigenvalue weighted by molar-refractivity contribution is -0.126. The first-order valence-corrected chi connectivity index (χ1v) is 11.8. The molecule has 0 bridgehead atoms. The van der Waals surface area contributed by atoms with Crippen molar-refractivity contribution in [2.75, 3.05) is 49.1 Å². The van der Waals surface area contributed by atoms with Crippen molar-refractivity contribution in [2.45, 2.75) is 32.6 Å². The molecule has 2 heterocycles. The standard InChI is InChI=1S/C27H33N3O2/c1-22(31)24-9-13-26(14-10-24)29-18-20-30(21-19-29)27(32)15-8-23-6-11-25(12-7-23)28-16-4-2-3-5-17-28/h6-15H,2-5,16-21H2,1H3/b15-8+. The van der Waals surface area contributed by atoms with Gasteiger partial charge in [0, 0.05) is 62.3 Å². The van der Waals surface area contributed by atoms with Crippen LogP contribution in [0.3, 0.4) is 0 Å². The van der Waals surface area contributed by atoms with Crippen molar-refractivity contribution < 1.29 is 9.59 Å². The van der Waals surface area contributed by atoms with Gasteiger partial charge in [0.2, 0.25) is 5.91 Å². The van der Waals surface area contributed by atoms with Crippen LogP contribution in [0.5, 0.6) is 0 Å². The van der Waals surface area contributed by atoms with E-state index in [4.69, 9.17) is 0 Å². The van der Waals surface area contributed by atoms with Gasteiger partial charge < -0.3 is 14.7 Å². The van der Waals surface area contributed by atoms with E-state index >= 15 is 0 Å². The first kappa shape index (κ1) is 22.1. The average Bonchev–Trinajstić information content (AvgIpc) is 3.13. The fourth-order valence-corrected chi connectivity index (χ4v) is 4.49. The molecule has 0 N–H and O–H groups in total. The third kappa shape index (κ3) is 5.58. The summed E-state index contributed by atoms with van der Waals surface area (Å²) in [7, 11) is 0. The van der Waals surface area contributed by atoms with Gasteiger partial charge in [-0.3, -0.25) is 9.59 Å². The van der Waals surface area contributed by atoms with Crippen LogP contribution in [0.2, 0.25) is 0 Å². The predicted molar refractivity (Wildman–Crippen MR) is 131 cm³/mol. The maximum absolute atomic E-state index is 12.7. The highest BCUT2D eigenvalue weighted by atomic mass is 16.2. The molecule has 0 saturated carbocycles. The Morgan fingerprint density at radius 2 is 1.22 bits per heavy atom. The van der Waals surface area contributed by atoms with Gasteiger partial charge in [0.25, 0.3) is 0 Å². The quantitative estimate of drug-likeness (QED) is 0.511. The summed E-state index contributed by atoms with van der Waals surface area (Å²) in [5.41, 5.74) is 4.17. The van der Waals surface area contributed by atoms with Crippen LogP contribution in [0.25, 0.3) is 6.08 Å². The van der Waals surface area contributed by atoms with Gasteiger partial charge in [-0.2, -0.15) is 0 Å². The Hall–Kier alpha value is -3.08. The molecule has 2 aliphatic rings. The Labute approximate surface area is 191 Å². The first-order valence-electron chi connectivity index (χ1n) is 11.8. The van der Waals surface area contributed by atoms with E-state index in [0.29, 0.717) is 13.1 Å². The summed E-state index contributed by atoms with van der Waals surface area (Å²) < 4.78 is 0. The molecule has 4 rings (SSSR count). The van der Waals surface area contributed by atoms with E-state index in [1.165, 1.54) is 31.4 Å². The molecular formula is C27H33N3O2. The normalized spacial score (nSPS) is 17.5. The molecule has 5 heteroatoms. The number of benzene rings is 2. The van der Waals surface area contributed by atoms with Gasteiger partial charge in [0.1, 0.15) is 0 Å². The summed E-state index contributed by atoms with van der Waals surface area (Å²) in [6.07, 6.45) is 8.82. The second kappa shape index (κ2) is 10.5. The van der Waals surface area contributed by atoms with Gasteiger partial charge in [-0.15, -0.1) is 0 Å². The number of rotatable bonds is 5. The van der Waals surface area contributed by atoms with Crippen molar-refractivity contribution in [3.8, 4) is 0 Å². The molecule has 168 valence electrons. The highest BCUT2D eigenvalue weighted by Crippen LogP contribution is 2.21. The third-order valence-corrected chi connectivity index (χ3v) is 6.51. The number of amides is 1. The number of ketones is 1. The summed E-state index contributed by atoms with van der Waals surface area (Å²) in [4.78, 5) is 30.8. The number of carbonyl (C=O) groups excluding carboxylic acids is 2. The number of hydrogen-bond donors (Lipinski definition) is 0. The van der Waals surface area contributed by atoms with Gasteiger partial charge in [-0.05, 0) is 67.8 Å². The lowest BCUT2D eigenvalue weighted by atomic mass is 10.1. The molecule has 0 unspecified atom stereocenters. The lowest BCUT2D eigenvalue weighted by Crippen LogP contribution is -2.48. The van der Waals surface area contributed by atoms with Crippen molar-refractivity contribution in [1.82, 2.24) is 4.90 Å². The number of nitrogens with zero attached hydrogens (tertiary/aromatic N) is 3. The Kier molecular flexibility index (Phi) is 7.25. The molecule has 2 aliphatic heterocycles. The molecule has 0 aliphatic carbocycles. The van der Waals surface area contributed by atoms with Crippen LogP contribution in [0.4, 0.5) is 11.4 Å². The molecule has 2 fully saturated rings.